The van der Waals surface area contributed by atoms with Gasteiger partial charge in [-0.1, -0.05) is 41.6 Å². The van der Waals surface area contributed by atoms with E-state index in [1.807, 2.05) is 48.5 Å². The molecule has 23 heavy (non-hydrogen) atoms. The SMILES string of the molecule is c1ccc(-c2nnn(Cc3nc(-c4ccccn4)no3)n2)cc1. The smallest absolute Gasteiger partial charge is 0.250 e. The van der Waals surface area contributed by atoms with Gasteiger partial charge in [0.1, 0.15) is 12.2 Å². The second kappa shape index (κ2) is 5.76. The van der Waals surface area contributed by atoms with Crippen LogP contribution in [-0.4, -0.2) is 35.3 Å². The van der Waals surface area contributed by atoms with Crippen molar-refractivity contribution in [2.24, 2.45) is 0 Å². The minimum absolute atomic E-state index is 0.250. The molecular weight excluding hydrogens is 294 g/mol. The summed E-state index contributed by atoms with van der Waals surface area (Å²) in [4.78, 5) is 9.88. The first kappa shape index (κ1) is 13.3. The molecule has 0 bridgehead atoms. The van der Waals surface area contributed by atoms with Gasteiger partial charge in [-0.25, -0.2) is 0 Å². The predicted molar refractivity (Wildman–Crippen MR) is 79.9 cm³/mol. The summed E-state index contributed by atoms with van der Waals surface area (Å²) in [7, 11) is 0. The van der Waals surface area contributed by atoms with Crippen molar-refractivity contribution in [2.45, 2.75) is 6.54 Å². The number of aromatic nitrogens is 7. The molecule has 0 fully saturated rings. The molecule has 0 N–H and O–H groups in total. The van der Waals surface area contributed by atoms with Gasteiger partial charge in [0.2, 0.25) is 11.6 Å². The van der Waals surface area contributed by atoms with E-state index in [4.69, 9.17) is 4.52 Å². The number of tetrazole rings is 1. The normalized spacial score (nSPS) is 10.8. The molecule has 1 aromatic carbocycles. The monoisotopic (exact) mass is 305 g/mol. The van der Waals surface area contributed by atoms with Crippen LogP contribution >= 0.6 is 0 Å². The zero-order valence-corrected chi connectivity index (χ0v) is 11.9. The van der Waals surface area contributed by atoms with E-state index in [2.05, 4.69) is 30.5 Å². The van der Waals surface area contributed by atoms with Gasteiger partial charge in [0.05, 0.1) is 0 Å². The van der Waals surface area contributed by atoms with E-state index in [9.17, 15) is 0 Å². The fraction of sp³-hybridized carbons (Fsp3) is 0.0667. The Morgan fingerprint density at radius 3 is 2.65 bits per heavy atom. The molecule has 0 aliphatic heterocycles. The molecule has 0 unspecified atom stereocenters. The van der Waals surface area contributed by atoms with Gasteiger partial charge in [-0.3, -0.25) is 4.98 Å². The van der Waals surface area contributed by atoms with Crippen LogP contribution < -0.4 is 0 Å². The fourth-order valence-electron chi connectivity index (χ4n) is 2.05. The zero-order chi connectivity index (χ0) is 15.5. The van der Waals surface area contributed by atoms with Crippen LogP contribution in [-0.2, 0) is 6.54 Å². The molecular formula is C15H11N7O. The lowest BCUT2D eigenvalue weighted by atomic mass is 10.2. The summed E-state index contributed by atoms with van der Waals surface area (Å²) in [6, 6.07) is 15.1. The van der Waals surface area contributed by atoms with Gasteiger partial charge in [0, 0.05) is 11.8 Å². The number of hydrogen-bond acceptors (Lipinski definition) is 7. The van der Waals surface area contributed by atoms with Crippen LogP contribution in [0.4, 0.5) is 0 Å². The van der Waals surface area contributed by atoms with Crippen LogP contribution in [0.5, 0.6) is 0 Å². The Bertz CT molecular complexity index is 826. The predicted octanol–water partition coefficient (Wildman–Crippen LogP) is 1.83. The average Bonchev–Trinajstić information content (AvgIpc) is 3.27. The van der Waals surface area contributed by atoms with Crippen molar-refractivity contribution in [1.29, 1.82) is 0 Å². The van der Waals surface area contributed by atoms with E-state index in [0.717, 1.165) is 5.56 Å². The third-order valence-corrected chi connectivity index (χ3v) is 3.12. The van der Waals surface area contributed by atoms with Gasteiger partial charge in [0.15, 0.2) is 0 Å². The third-order valence-electron chi connectivity index (χ3n) is 3.12. The van der Waals surface area contributed by atoms with Crippen LogP contribution in [0.1, 0.15) is 5.89 Å². The van der Waals surface area contributed by atoms with Crippen LogP contribution in [0.2, 0.25) is 0 Å². The first-order valence-electron chi connectivity index (χ1n) is 6.96. The van der Waals surface area contributed by atoms with Crippen molar-refractivity contribution in [2.75, 3.05) is 0 Å². The maximum absolute atomic E-state index is 5.21. The lowest BCUT2D eigenvalue weighted by Gasteiger charge is -1.93. The van der Waals surface area contributed by atoms with Gasteiger partial charge in [0.25, 0.3) is 5.89 Å². The molecule has 0 saturated carbocycles. The van der Waals surface area contributed by atoms with Gasteiger partial charge >= 0.3 is 0 Å². The summed E-state index contributed by atoms with van der Waals surface area (Å²) in [6.45, 7) is 0.250. The zero-order valence-electron chi connectivity index (χ0n) is 11.9. The number of pyridine rings is 1. The number of nitrogens with zero attached hydrogens (tertiary/aromatic N) is 7. The van der Waals surface area contributed by atoms with Crippen molar-refractivity contribution in [3.8, 4) is 22.9 Å². The van der Waals surface area contributed by atoms with E-state index >= 15 is 0 Å². The molecule has 0 spiro atoms. The third kappa shape index (κ3) is 2.82. The Labute approximate surface area is 130 Å². The Hall–Kier alpha value is -3.42. The molecule has 0 aliphatic rings. The van der Waals surface area contributed by atoms with Crippen molar-refractivity contribution in [1.82, 2.24) is 35.3 Å². The molecule has 0 amide bonds. The molecule has 0 radical (unpaired) electrons. The maximum Gasteiger partial charge on any atom is 0.250 e. The molecule has 3 heterocycles. The van der Waals surface area contributed by atoms with E-state index < -0.39 is 0 Å². The molecule has 0 atom stereocenters. The van der Waals surface area contributed by atoms with Crippen molar-refractivity contribution in [3.63, 3.8) is 0 Å². The second-order valence-electron chi connectivity index (χ2n) is 4.74. The summed E-state index contributed by atoms with van der Waals surface area (Å²) in [6.07, 6.45) is 1.68. The van der Waals surface area contributed by atoms with Crippen molar-refractivity contribution in [3.05, 3.63) is 60.6 Å². The lowest BCUT2D eigenvalue weighted by molar-refractivity contribution is 0.356. The highest BCUT2D eigenvalue weighted by Crippen LogP contribution is 2.14. The highest BCUT2D eigenvalue weighted by atomic mass is 16.5. The van der Waals surface area contributed by atoms with Gasteiger partial charge in [-0.2, -0.15) is 9.78 Å². The highest BCUT2D eigenvalue weighted by Gasteiger charge is 2.12. The topological polar surface area (TPSA) is 95.4 Å². The van der Waals surface area contributed by atoms with Gasteiger partial charge < -0.3 is 4.52 Å². The molecule has 0 aliphatic carbocycles. The largest absolute Gasteiger partial charge is 0.337 e. The van der Waals surface area contributed by atoms with Crippen molar-refractivity contribution >= 4 is 0 Å². The summed E-state index contributed by atoms with van der Waals surface area (Å²) in [5, 5.41) is 16.2. The van der Waals surface area contributed by atoms with Crippen molar-refractivity contribution < 1.29 is 4.52 Å². The average molecular weight is 305 g/mol. The lowest BCUT2D eigenvalue weighted by Crippen LogP contribution is -2.04. The molecule has 8 heteroatoms. The van der Waals surface area contributed by atoms with Crippen LogP contribution in [0.15, 0.2) is 59.3 Å². The van der Waals surface area contributed by atoms with Crippen LogP contribution in [0.25, 0.3) is 22.9 Å². The summed E-state index contributed by atoms with van der Waals surface area (Å²) in [5.41, 5.74) is 1.55. The maximum atomic E-state index is 5.21. The van der Waals surface area contributed by atoms with Gasteiger partial charge in [-0.15, -0.1) is 10.2 Å². The minimum atomic E-state index is 0.250. The highest BCUT2D eigenvalue weighted by molar-refractivity contribution is 5.53. The number of rotatable bonds is 4. The molecule has 3 aromatic heterocycles. The second-order valence-corrected chi connectivity index (χ2v) is 4.74. The minimum Gasteiger partial charge on any atom is -0.337 e. The summed E-state index contributed by atoms with van der Waals surface area (Å²) < 4.78 is 5.21. The Morgan fingerprint density at radius 1 is 0.957 bits per heavy atom. The van der Waals surface area contributed by atoms with Crippen LogP contribution in [0, 0.1) is 0 Å². The van der Waals surface area contributed by atoms with E-state index in [-0.39, 0.29) is 6.54 Å². The molecule has 112 valence electrons. The number of hydrogen-bond donors (Lipinski definition) is 0. The Morgan fingerprint density at radius 2 is 1.83 bits per heavy atom. The van der Waals surface area contributed by atoms with Crippen LogP contribution in [0.3, 0.4) is 0 Å². The van der Waals surface area contributed by atoms with E-state index in [0.29, 0.717) is 23.2 Å². The standard InChI is InChI=1S/C15H11N7O/c1-2-6-11(7-3-1)14-18-21-22(19-14)10-13-17-15(20-23-13)12-8-4-5-9-16-12/h1-9H,10H2. The first-order valence-corrected chi connectivity index (χ1v) is 6.96. The summed E-state index contributed by atoms with van der Waals surface area (Å²) >= 11 is 0. The molecule has 8 nitrogen and oxygen atoms in total. The summed E-state index contributed by atoms with van der Waals surface area (Å²) in [5.74, 6) is 1.38. The molecule has 4 aromatic rings. The Balaban J connectivity index is 1.53. The van der Waals surface area contributed by atoms with E-state index in [1.165, 1.54) is 4.80 Å². The quantitative estimate of drug-likeness (QED) is 0.567. The fourth-order valence-corrected chi connectivity index (χ4v) is 2.05. The van der Waals surface area contributed by atoms with Gasteiger partial charge in [-0.05, 0) is 17.3 Å². The Kier molecular flexibility index (Phi) is 3.32. The number of benzene rings is 1. The first-order chi connectivity index (χ1) is 11.4. The van der Waals surface area contributed by atoms with E-state index in [1.54, 1.807) is 6.20 Å². The molecule has 4 rings (SSSR count). The molecule has 0 saturated heterocycles.